The molecule has 1 N–H and O–H groups in total. The second kappa shape index (κ2) is 4.70. The van der Waals surface area contributed by atoms with Crippen LogP contribution in [0.5, 0.6) is 0 Å². The summed E-state index contributed by atoms with van der Waals surface area (Å²) >= 11 is 0. The Hall–Kier alpha value is -0.600. The third-order valence-corrected chi connectivity index (χ3v) is 7.29. The molecule has 1 saturated carbocycles. The van der Waals surface area contributed by atoms with Crippen molar-refractivity contribution in [2.24, 2.45) is 22.7 Å². The van der Waals surface area contributed by atoms with Crippen LogP contribution in [0.1, 0.15) is 60.3 Å². The van der Waals surface area contributed by atoms with Crippen molar-refractivity contribution in [3.05, 3.63) is 24.8 Å². The van der Waals surface area contributed by atoms with E-state index in [1.54, 1.807) is 0 Å². The summed E-state index contributed by atoms with van der Waals surface area (Å²) in [6, 6.07) is 0. The first-order chi connectivity index (χ1) is 10.1. The molecule has 2 aliphatic carbocycles. The lowest BCUT2D eigenvalue weighted by Crippen LogP contribution is -2.63. The van der Waals surface area contributed by atoms with Crippen LogP contribution in [-0.4, -0.2) is 22.4 Å². The summed E-state index contributed by atoms with van der Waals surface area (Å²) in [7, 11) is 0. The number of hydrogen-bond donors (Lipinski definition) is 1. The highest BCUT2D eigenvalue weighted by Gasteiger charge is 2.61. The van der Waals surface area contributed by atoms with Gasteiger partial charge in [0.2, 0.25) is 0 Å². The molecular formula is C20H32O2. The average molecular weight is 304 g/mol. The van der Waals surface area contributed by atoms with Crippen molar-refractivity contribution in [2.75, 3.05) is 0 Å². The molecule has 0 radical (unpaired) electrons. The van der Waals surface area contributed by atoms with Gasteiger partial charge in [0.05, 0.1) is 17.3 Å². The van der Waals surface area contributed by atoms with Crippen LogP contribution in [0.15, 0.2) is 24.8 Å². The summed E-state index contributed by atoms with van der Waals surface area (Å²) in [5.74, 6) is 1.02. The van der Waals surface area contributed by atoms with E-state index in [-0.39, 0.29) is 28.1 Å². The van der Waals surface area contributed by atoms with Crippen LogP contribution in [0, 0.1) is 22.7 Å². The van der Waals surface area contributed by atoms with E-state index in [0.717, 1.165) is 19.3 Å². The van der Waals surface area contributed by atoms with E-state index in [0.29, 0.717) is 11.8 Å². The van der Waals surface area contributed by atoms with E-state index in [1.165, 1.54) is 6.42 Å². The molecule has 0 aromatic carbocycles. The maximum absolute atomic E-state index is 10.4. The second-order valence-corrected chi connectivity index (χ2v) is 9.11. The van der Waals surface area contributed by atoms with Gasteiger partial charge in [-0.2, -0.15) is 0 Å². The van der Waals surface area contributed by atoms with E-state index in [4.69, 9.17) is 4.74 Å². The first-order valence-electron chi connectivity index (χ1n) is 8.79. The molecule has 0 spiro atoms. The van der Waals surface area contributed by atoms with E-state index in [2.05, 4.69) is 47.3 Å². The van der Waals surface area contributed by atoms with Crippen LogP contribution in [0.4, 0.5) is 0 Å². The summed E-state index contributed by atoms with van der Waals surface area (Å²) in [6.45, 7) is 15.3. The van der Waals surface area contributed by atoms with Crippen LogP contribution < -0.4 is 0 Å². The highest BCUT2D eigenvalue weighted by Crippen LogP contribution is 2.63. The number of aliphatic hydroxyl groups is 1. The average Bonchev–Trinajstić information content (AvgIpc) is 2.42. The van der Waals surface area contributed by atoms with E-state index in [9.17, 15) is 5.11 Å². The van der Waals surface area contributed by atoms with Gasteiger partial charge in [0.15, 0.2) is 0 Å². The van der Waals surface area contributed by atoms with Gasteiger partial charge in [0, 0.05) is 0 Å². The normalized spacial score (nSPS) is 53.5. The summed E-state index contributed by atoms with van der Waals surface area (Å²) in [6.07, 6.45) is 10.4. The summed E-state index contributed by atoms with van der Waals surface area (Å²) in [5, 5.41) is 10.4. The highest BCUT2D eigenvalue weighted by atomic mass is 16.5. The Kier molecular flexibility index (Phi) is 3.48. The van der Waals surface area contributed by atoms with E-state index >= 15 is 0 Å². The zero-order valence-electron chi connectivity index (χ0n) is 14.9. The Labute approximate surface area is 135 Å². The minimum absolute atomic E-state index is 0.0655. The fourth-order valence-corrected chi connectivity index (χ4v) is 5.87. The lowest BCUT2D eigenvalue weighted by Gasteiger charge is -2.64. The lowest BCUT2D eigenvalue weighted by molar-refractivity contribution is -0.241. The lowest BCUT2D eigenvalue weighted by atomic mass is 9.46. The number of hydrogen-bond acceptors (Lipinski definition) is 2. The fourth-order valence-electron chi connectivity index (χ4n) is 5.87. The number of allylic oxidation sites excluding steroid dienone is 1. The third-order valence-electron chi connectivity index (χ3n) is 7.29. The monoisotopic (exact) mass is 304 g/mol. The molecule has 0 aromatic heterocycles. The van der Waals surface area contributed by atoms with Gasteiger partial charge in [0.1, 0.15) is 0 Å². The Bertz CT molecular complexity index is 508. The molecule has 0 bridgehead atoms. The van der Waals surface area contributed by atoms with Crippen molar-refractivity contribution in [1.29, 1.82) is 0 Å². The van der Waals surface area contributed by atoms with Crippen LogP contribution in [0.25, 0.3) is 0 Å². The van der Waals surface area contributed by atoms with Gasteiger partial charge in [-0.25, -0.2) is 0 Å². The summed E-state index contributed by atoms with van der Waals surface area (Å²) < 4.78 is 6.61. The smallest absolute Gasteiger partial charge is 0.0839 e. The first kappa shape index (κ1) is 16.3. The first-order valence-corrected chi connectivity index (χ1v) is 8.79. The zero-order valence-corrected chi connectivity index (χ0v) is 14.9. The van der Waals surface area contributed by atoms with Gasteiger partial charge in [-0.05, 0) is 62.2 Å². The molecule has 3 aliphatic rings. The molecule has 1 aliphatic heterocycles. The molecule has 2 fully saturated rings. The second-order valence-electron chi connectivity index (χ2n) is 9.11. The predicted molar refractivity (Wildman–Crippen MR) is 90.6 cm³/mol. The van der Waals surface area contributed by atoms with Crippen molar-refractivity contribution in [3.8, 4) is 0 Å². The molecule has 6 atom stereocenters. The minimum atomic E-state index is -0.335. The van der Waals surface area contributed by atoms with Crippen LogP contribution in [-0.2, 0) is 4.74 Å². The van der Waals surface area contributed by atoms with E-state index in [1.807, 2.05) is 12.2 Å². The van der Waals surface area contributed by atoms with Gasteiger partial charge < -0.3 is 9.84 Å². The molecule has 124 valence electrons. The van der Waals surface area contributed by atoms with Crippen LogP contribution in [0.3, 0.4) is 0 Å². The Morgan fingerprint density at radius 1 is 1.09 bits per heavy atom. The van der Waals surface area contributed by atoms with Gasteiger partial charge in [-0.1, -0.05) is 39.0 Å². The molecule has 0 unspecified atom stereocenters. The maximum atomic E-state index is 10.4. The number of aliphatic hydroxyl groups excluding tert-OH is 1. The highest BCUT2D eigenvalue weighted by molar-refractivity contribution is 5.22. The molecule has 2 heteroatoms. The van der Waals surface area contributed by atoms with Gasteiger partial charge >= 0.3 is 0 Å². The van der Waals surface area contributed by atoms with Gasteiger partial charge in [-0.3, -0.25) is 0 Å². The molecule has 0 aromatic rings. The Balaban J connectivity index is 2.00. The molecule has 3 rings (SSSR count). The standard InChI is InChI=1S/C20H32O2/c1-7-18(4)11-8-15-19(5)12-10-16(21)17(2,3)14(19)9-13-20(15,6)22-18/h7,10,12,14-16,21H,1,8-9,11,13H2,2-6H3/t14-,15+,16-,18-,19-,20+/m1/s1. The number of ether oxygens (including phenoxy) is 1. The van der Waals surface area contributed by atoms with Crippen LogP contribution >= 0.6 is 0 Å². The van der Waals surface area contributed by atoms with Crippen molar-refractivity contribution in [1.82, 2.24) is 0 Å². The fraction of sp³-hybridized carbons (Fsp3) is 0.800. The summed E-state index contributed by atoms with van der Waals surface area (Å²) in [4.78, 5) is 0. The van der Waals surface area contributed by atoms with Crippen molar-refractivity contribution >= 4 is 0 Å². The maximum Gasteiger partial charge on any atom is 0.0839 e. The molecule has 1 saturated heterocycles. The number of fused-ring (bicyclic) bond motifs is 3. The van der Waals surface area contributed by atoms with Gasteiger partial charge in [0.25, 0.3) is 0 Å². The molecule has 0 amide bonds. The van der Waals surface area contributed by atoms with Crippen LogP contribution in [0.2, 0.25) is 0 Å². The quantitative estimate of drug-likeness (QED) is 0.723. The molecule has 1 heterocycles. The minimum Gasteiger partial charge on any atom is -0.388 e. The molecule has 22 heavy (non-hydrogen) atoms. The van der Waals surface area contributed by atoms with Crippen molar-refractivity contribution in [2.45, 2.75) is 77.6 Å². The topological polar surface area (TPSA) is 29.5 Å². The third kappa shape index (κ3) is 2.06. The zero-order chi connectivity index (χ0) is 16.4. The summed E-state index contributed by atoms with van der Waals surface area (Å²) in [5.41, 5.74) is -0.237. The SMILES string of the molecule is C=C[C@]1(C)CC[C@H]2[C@]3(C)C=C[C@@H](O)C(C)(C)[C@H]3CC[C@]2(C)O1. The molecular weight excluding hydrogens is 272 g/mol. The number of rotatable bonds is 1. The van der Waals surface area contributed by atoms with Crippen molar-refractivity contribution in [3.63, 3.8) is 0 Å². The largest absolute Gasteiger partial charge is 0.388 e. The predicted octanol–water partition coefficient (Wildman–Crippen LogP) is 4.49. The van der Waals surface area contributed by atoms with Crippen molar-refractivity contribution < 1.29 is 9.84 Å². The Morgan fingerprint density at radius 3 is 2.36 bits per heavy atom. The molecule has 2 nitrogen and oxygen atoms in total. The Morgan fingerprint density at radius 2 is 1.73 bits per heavy atom. The van der Waals surface area contributed by atoms with E-state index < -0.39 is 0 Å². The van der Waals surface area contributed by atoms with Gasteiger partial charge in [-0.15, -0.1) is 6.58 Å².